The van der Waals surface area contributed by atoms with E-state index in [4.69, 9.17) is 0 Å². The Balaban J connectivity index is 2.37. The van der Waals surface area contributed by atoms with Gasteiger partial charge >= 0.3 is 0 Å². The van der Waals surface area contributed by atoms with E-state index in [2.05, 4.69) is 26.1 Å². The van der Waals surface area contributed by atoms with Gasteiger partial charge in [0, 0.05) is 13.1 Å². The third-order valence-electron chi connectivity index (χ3n) is 3.04. The number of hydrogen-bond acceptors (Lipinski definition) is 3. The molecule has 0 aromatic rings. The number of nitrogens with zero attached hydrogens (tertiary/aromatic N) is 1. The fourth-order valence-electron chi connectivity index (χ4n) is 1.90. The van der Waals surface area contributed by atoms with Crippen LogP contribution in [0.15, 0.2) is 0 Å². The molecule has 1 N–H and O–H groups in total. The highest BCUT2D eigenvalue weighted by Gasteiger charge is 2.36. The molecule has 0 saturated carbocycles. The maximum atomic E-state index is 11.6. The van der Waals surface area contributed by atoms with Crippen LogP contribution in [0.5, 0.6) is 0 Å². The summed E-state index contributed by atoms with van der Waals surface area (Å²) in [7, 11) is 1.55. The van der Waals surface area contributed by atoms with Crippen LogP contribution in [0.25, 0.3) is 0 Å². The van der Waals surface area contributed by atoms with Crippen molar-refractivity contribution in [3.8, 4) is 0 Å². The number of carbonyl (C=O) groups excluding carboxylic acids is 2. The summed E-state index contributed by atoms with van der Waals surface area (Å²) in [5.74, 6) is 0.493. The highest BCUT2D eigenvalue weighted by atomic mass is 16.2. The lowest BCUT2D eigenvalue weighted by molar-refractivity contribution is -0.137. The maximum Gasteiger partial charge on any atom is 0.246 e. The van der Waals surface area contributed by atoms with Crippen molar-refractivity contribution in [2.45, 2.75) is 52.1 Å². The van der Waals surface area contributed by atoms with E-state index in [1.807, 2.05) is 0 Å². The van der Waals surface area contributed by atoms with Crippen molar-refractivity contribution in [2.24, 2.45) is 5.92 Å². The summed E-state index contributed by atoms with van der Waals surface area (Å²) < 4.78 is 0. The summed E-state index contributed by atoms with van der Waals surface area (Å²) in [6.45, 7) is 6.44. The number of amides is 2. The molecule has 4 heteroatoms. The van der Waals surface area contributed by atoms with Crippen molar-refractivity contribution in [1.82, 2.24) is 10.2 Å². The fraction of sp³-hybridized carbons (Fsp3) is 0.833. The molecule has 0 bridgehead atoms. The highest BCUT2D eigenvalue weighted by Crippen LogP contribution is 2.13. The molecule has 92 valence electrons. The van der Waals surface area contributed by atoms with E-state index < -0.39 is 0 Å². The summed E-state index contributed by atoms with van der Waals surface area (Å²) in [5.41, 5.74) is 0. The molecule has 2 amide bonds. The zero-order valence-corrected chi connectivity index (χ0v) is 10.6. The summed E-state index contributed by atoms with van der Waals surface area (Å²) in [6, 6.07) is -0.0182. The van der Waals surface area contributed by atoms with E-state index >= 15 is 0 Å². The van der Waals surface area contributed by atoms with Crippen LogP contribution in [0.1, 0.15) is 40.0 Å². The van der Waals surface area contributed by atoms with Gasteiger partial charge in [-0.2, -0.15) is 0 Å². The quantitative estimate of drug-likeness (QED) is 0.716. The van der Waals surface area contributed by atoms with Gasteiger partial charge in [-0.3, -0.25) is 14.5 Å². The van der Waals surface area contributed by atoms with Gasteiger partial charge in [0.25, 0.3) is 0 Å². The van der Waals surface area contributed by atoms with E-state index in [1.165, 1.54) is 4.90 Å². The number of nitrogens with one attached hydrogen (secondary N) is 1. The lowest BCUT2D eigenvalue weighted by Crippen LogP contribution is -2.41. The summed E-state index contributed by atoms with van der Waals surface area (Å²) in [4.78, 5) is 24.2. The average molecular weight is 226 g/mol. The van der Waals surface area contributed by atoms with Crippen molar-refractivity contribution in [3.63, 3.8) is 0 Å². The van der Waals surface area contributed by atoms with Crippen LogP contribution in [-0.4, -0.2) is 35.8 Å². The molecular weight excluding hydrogens is 204 g/mol. The Morgan fingerprint density at radius 3 is 2.38 bits per heavy atom. The van der Waals surface area contributed by atoms with Gasteiger partial charge in [0.2, 0.25) is 11.8 Å². The van der Waals surface area contributed by atoms with Crippen molar-refractivity contribution in [3.05, 3.63) is 0 Å². The van der Waals surface area contributed by atoms with E-state index in [9.17, 15) is 9.59 Å². The Kier molecular flexibility index (Phi) is 4.47. The van der Waals surface area contributed by atoms with Crippen molar-refractivity contribution in [2.75, 3.05) is 7.05 Å². The smallest absolute Gasteiger partial charge is 0.246 e. The van der Waals surface area contributed by atoms with Crippen LogP contribution in [0, 0.1) is 5.92 Å². The molecule has 16 heavy (non-hydrogen) atoms. The zero-order valence-electron chi connectivity index (χ0n) is 10.6. The molecule has 1 saturated heterocycles. The molecular formula is C12H22N2O2. The minimum Gasteiger partial charge on any atom is -0.303 e. The fourth-order valence-corrected chi connectivity index (χ4v) is 1.90. The second kappa shape index (κ2) is 5.43. The van der Waals surface area contributed by atoms with Crippen LogP contribution in [0.4, 0.5) is 0 Å². The third-order valence-corrected chi connectivity index (χ3v) is 3.04. The van der Waals surface area contributed by atoms with Gasteiger partial charge in [-0.05, 0) is 25.7 Å². The first-order chi connectivity index (χ1) is 7.41. The van der Waals surface area contributed by atoms with Gasteiger partial charge in [0.1, 0.15) is 0 Å². The van der Waals surface area contributed by atoms with E-state index in [-0.39, 0.29) is 23.9 Å². The third kappa shape index (κ3) is 3.30. The minimum absolute atomic E-state index is 0.0847. The minimum atomic E-state index is -0.306. The van der Waals surface area contributed by atoms with Crippen LogP contribution >= 0.6 is 0 Å². The molecule has 0 aliphatic carbocycles. The molecule has 1 aliphatic rings. The number of carbonyl (C=O) groups is 2. The van der Waals surface area contributed by atoms with Crippen molar-refractivity contribution >= 4 is 11.8 Å². The van der Waals surface area contributed by atoms with E-state index in [0.717, 1.165) is 12.8 Å². The molecule has 1 aliphatic heterocycles. The summed E-state index contributed by atoms with van der Waals surface area (Å²) in [6.07, 6.45) is 2.49. The maximum absolute atomic E-state index is 11.6. The number of likely N-dealkylation sites (N-methyl/N-ethyl adjacent to an activating group) is 1. The molecule has 1 rings (SSSR count). The van der Waals surface area contributed by atoms with Crippen molar-refractivity contribution in [1.29, 1.82) is 0 Å². The Labute approximate surface area is 97.4 Å². The predicted molar refractivity (Wildman–Crippen MR) is 62.9 cm³/mol. The van der Waals surface area contributed by atoms with Crippen LogP contribution in [-0.2, 0) is 9.59 Å². The Morgan fingerprint density at radius 2 is 1.94 bits per heavy atom. The molecule has 2 unspecified atom stereocenters. The Hall–Kier alpha value is -0.900. The average Bonchev–Trinajstić information content (AvgIpc) is 2.43. The summed E-state index contributed by atoms with van der Waals surface area (Å²) in [5, 5.41) is 3.23. The molecule has 2 atom stereocenters. The topological polar surface area (TPSA) is 49.4 Å². The Bertz CT molecular complexity index is 276. The van der Waals surface area contributed by atoms with Crippen LogP contribution < -0.4 is 5.32 Å². The largest absolute Gasteiger partial charge is 0.303 e. The van der Waals surface area contributed by atoms with Gasteiger partial charge in [-0.25, -0.2) is 0 Å². The van der Waals surface area contributed by atoms with Crippen LogP contribution in [0.2, 0.25) is 0 Å². The van der Waals surface area contributed by atoms with Gasteiger partial charge in [0.15, 0.2) is 0 Å². The van der Waals surface area contributed by atoms with E-state index in [0.29, 0.717) is 12.3 Å². The number of likely N-dealkylation sites (tertiary alicyclic amines) is 1. The van der Waals surface area contributed by atoms with Gasteiger partial charge in [-0.1, -0.05) is 13.8 Å². The number of hydrogen-bond donors (Lipinski definition) is 1. The molecule has 0 spiro atoms. The standard InChI is InChI=1S/C12H22N2O2/c1-8(2)5-6-9(3)13-10-7-11(15)14(4)12(10)16/h8-10,13H,5-7H2,1-4H3. The number of imide groups is 1. The second-order valence-electron chi connectivity index (χ2n) is 5.09. The first-order valence-corrected chi connectivity index (χ1v) is 5.98. The normalized spacial score (nSPS) is 23.3. The first kappa shape index (κ1) is 13.2. The SMILES string of the molecule is CC(C)CCC(C)NC1CC(=O)N(C)C1=O. The molecule has 0 radical (unpaired) electrons. The van der Waals surface area contributed by atoms with Gasteiger partial charge < -0.3 is 5.32 Å². The number of rotatable bonds is 5. The predicted octanol–water partition coefficient (Wildman–Crippen LogP) is 1.16. The lowest BCUT2D eigenvalue weighted by atomic mass is 10.0. The van der Waals surface area contributed by atoms with E-state index in [1.54, 1.807) is 7.05 Å². The van der Waals surface area contributed by atoms with Crippen LogP contribution in [0.3, 0.4) is 0 Å². The first-order valence-electron chi connectivity index (χ1n) is 5.98. The molecule has 1 fully saturated rings. The van der Waals surface area contributed by atoms with Gasteiger partial charge in [-0.15, -0.1) is 0 Å². The molecule has 4 nitrogen and oxygen atoms in total. The monoisotopic (exact) mass is 226 g/mol. The second-order valence-corrected chi connectivity index (χ2v) is 5.09. The van der Waals surface area contributed by atoms with Crippen molar-refractivity contribution < 1.29 is 9.59 Å². The highest BCUT2D eigenvalue weighted by molar-refractivity contribution is 6.05. The molecule has 0 aromatic heterocycles. The summed E-state index contributed by atoms with van der Waals surface area (Å²) >= 11 is 0. The van der Waals surface area contributed by atoms with Gasteiger partial charge in [0.05, 0.1) is 12.5 Å². The molecule has 0 aromatic carbocycles. The Morgan fingerprint density at radius 1 is 1.31 bits per heavy atom. The zero-order chi connectivity index (χ0) is 12.3. The molecule has 1 heterocycles. The lowest BCUT2D eigenvalue weighted by Gasteiger charge is -2.18.